The van der Waals surface area contributed by atoms with Crippen LogP contribution in [0.3, 0.4) is 0 Å². The zero-order valence-corrected chi connectivity index (χ0v) is 11.4. The highest BCUT2D eigenvalue weighted by Gasteiger charge is 2.13. The molecule has 0 atom stereocenters. The molecule has 2 aromatic heterocycles. The molecule has 0 unspecified atom stereocenters. The molecule has 0 aromatic carbocycles. The first-order chi connectivity index (χ1) is 9.11. The Morgan fingerprint density at radius 3 is 2.95 bits per heavy atom. The summed E-state index contributed by atoms with van der Waals surface area (Å²) in [6, 6.07) is 3.07. The minimum Gasteiger partial charge on any atom is -0.465 e. The molecule has 19 heavy (non-hydrogen) atoms. The number of nitrogens with one attached hydrogen (secondary N) is 1. The number of ether oxygens (including phenoxy) is 1. The quantitative estimate of drug-likeness (QED) is 0.884. The standard InChI is InChI=1S/C12H9ClN2O3S/c1-18-12(17)7-4-10(19-6-7)15-11(16)8-2-3-14-5-9(8)13/h2-6H,1H3,(H,15,16). The highest BCUT2D eigenvalue weighted by atomic mass is 35.5. The minimum atomic E-state index is -0.446. The Morgan fingerprint density at radius 1 is 1.47 bits per heavy atom. The van der Waals surface area contributed by atoms with E-state index in [2.05, 4.69) is 15.0 Å². The number of halogens is 1. The van der Waals surface area contributed by atoms with Gasteiger partial charge in [-0.1, -0.05) is 11.6 Å². The molecular formula is C12H9ClN2O3S. The average molecular weight is 297 g/mol. The fourth-order valence-electron chi connectivity index (χ4n) is 1.37. The molecule has 7 heteroatoms. The smallest absolute Gasteiger partial charge is 0.338 e. The van der Waals surface area contributed by atoms with Crippen LogP contribution in [0, 0.1) is 0 Å². The number of aromatic nitrogens is 1. The molecule has 1 N–H and O–H groups in total. The van der Waals surface area contributed by atoms with E-state index in [1.165, 1.54) is 36.9 Å². The van der Waals surface area contributed by atoms with Crippen LogP contribution in [-0.4, -0.2) is 24.0 Å². The van der Waals surface area contributed by atoms with Crippen molar-refractivity contribution >= 4 is 39.8 Å². The number of amides is 1. The van der Waals surface area contributed by atoms with E-state index in [0.29, 0.717) is 16.1 Å². The average Bonchev–Trinajstić information content (AvgIpc) is 2.86. The van der Waals surface area contributed by atoms with Crippen LogP contribution >= 0.6 is 22.9 Å². The van der Waals surface area contributed by atoms with E-state index in [4.69, 9.17) is 11.6 Å². The monoisotopic (exact) mass is 296 g/mol. The largest absolute Gasteiger partial charge is 0.465 e. The van der Waals surface area contributed by atoms with Crippen LogP contribution in [-0.2, 0) is 4.74 Å². The fourth-order valence-corrected chi connectivity index (χ4v) is 2.34. The van der Waals surface area contributed by atoms with Gasteiger partial charge in [0.15, 0.2) is 0 Å². The lowest BCUT2D eigenvalue weighted by Gasteiger charge is -2.03. The fraction of sp³-hybridized carbons (Fsp3) is 0.0833. The van der Waals surface area contributed by atoms with Gasteiger partial charge in [-0.25, -0.2) is 4.79 Å². The SMILES string of the molecule is COC(=O)c1csc(NC(=O)c2ccncc2Cl)c1. The van der Waals surface area contributed by atoms with Gasteiger partial charge in [0.1, 0.15) is 0 Å². The number of anilines is 1. The number of methoxy groups -OCH3 is 1. The van der Waals surface area contributed by atoms with Crippen LogP contribution in [0.5, 0.6) is 0 Å². The Kier molecular flexibility index (Phi) is 4.13. The second kappa shape index (κ2) is 5.81. The maximum atomic E-state index is 12.0. The summed E-state index contributed by atoms with van der Waals surface area (Å²) in [6.45, 7) is 0. The normalized spacial score (nSPS) is 10.0. The Labute approximate surface area is 118 Å². The van der Waals surface area contributed by atoms with Crippen LogP contribution in [0.25, 0.3) is 0 Å². The molecule has 0 radical (unpaired) electrons. The first-order valence-electron chi connectivity index (χ1n) is 5.19. The van der Waals surface area contributed by atoms with E-state index in [1.807, 2.05) is 0 Å². The van der Waals surface area contributed by atoms with Crippen molar-refractivity contribution in [3.63, 3.8) is 0 Å². The highest BCUT2D eigenvalue weighted by molar-refractivity contribution is 7.14. The van der Waals surface area contributed by atoms with Crippen molar-refractivity contribution in [2.45, 2.75) is 0 Å². The summed E-state index contributed by atoms with van der Waals surface area (Å²) in [5.74, 6) is -0.802. The molecule has 0 saturated heterocycles. The summed E-state index contributed by atoms with van der Waals surface area (Å²) in [5.41, 5.74) is 0.716. The Balaban J connectivity index is 2.14. The van der Waals surface area contributed by atoms with E-state index in [9.17, 15) is 9.59 Å². The number of esters is 1. The molecule has 0 aliphatic rings. The van der Waals surface area contributed by atoms with Crippen molar-refractivity contribution in [3.8, 4) is 0 Å². The van der Waals surface area contributed by atoms with Crippen molar-refractivity contribution in [2.75, 3.05) is 12.4 Å². The number of thiophene rings is 1. The maximum Gasteiger partial charge on any atom is 0.338 e. The Morgan fingerprint density at radius 2 is 2.26 bits per heavy atom. The van der Waals surface area contributed by atoms with Crippen molar-refractivity contribution < 1.29 is 14.3 Å². The van der Waals surface area contributed by atoms with E-state index >= 15 is 0 Å². The third kappa shape index (κ3) is 3.10. The molecule has 0 saturated carbocycles. The van der Waals surface area contributed by atoms with Crippen LogP contribution < -0.4 is 5.32 Å². The first-order valence-corrected chi connectivity index (χ1v) is 6.45. The number of pyridine rings is 1. The molecule has 2 heterocycles. The molecule has 0 spiro atoms. The topological polar surface area (TPSA) is 68.3 Å². The number of hydrogen-bond donors (Lipinski definition) is 1. The van der Waals surface area contributed by atoms with Crippen LogP contribution in [0.2, 0.25) is 5.02 Å². The van der Waals surface area contributed by atoms with E-state index in [0.717, 1.165) is 0 Å². The zero-order valence-electron chi connectivity index (χ0n) is 9.84. The molecule has 0 bridgehead atoms. The number of carbonyl (C=O) groups is 2. The number of rotatable bonds is 3. The maximum absolute atomic E-state index is 12.0. The lowest BCUT2D eigenvalue weighted by Crippen LogP contribution is -2.11. The first kappa shape index (κ1) is 13.5. The van der Waals surface area contributed by atoms with Gasteiger partial charge in [-0.15, -0.1) is 11.3 Å². The van der Waals surface area contributed by atoms with E-state index in [-0.39, 0.29) is 10.9 Å². The number of nitrogens with zero attached hydrogens (tertiary/aromatic N) is 1. The number of hydrogen-bond acceptors (Lipinski definition) is 5. The van der Waals surface area contributed by atoms with Gasteiger partial charge in [0, 0.05) is 17.8 Å². The molecular weight excluding hydrogens is 288 g/mol. The van der Waals surface area contributed by atoms with Gasteiger partial charge in [0.25, 0.3) is 5.91 Å². The third-order valence-corrected chi connectivity index (χ3v) is 3.42. The molecule has 2 aromatic rings. The summed E-state index contributed by atoms with van der Waals surface area (Å²) in [5, 5.41) is 5.07. The highest BCUT2D eigenvalue weighted by Crippen LogP contribution is 2.23. The van der Waals surface area contributed by atoms with Crippen LogP contribution in [0.15, 0.2) is 29.9 Å². The van der Waals surface area contributed by atoms with Crippen LogP contribution in [0.1, 0.15) is 20.7 Å². The molecule has 1 amide bonds. The lowest BCUT2D eigenvalue weighted by atomic mass is 10.2. The number of carbonyl (C=O) groups excluding carboxylic acids is 2. The Hall–Kier alpha value is -1.92. The van der Waals surface area contributed by atoms with Crippen molar-refractivity contribution in [2.24, 2.45) is 0 Å². The molecule has 2 rings (SSSR count). The van der Waals surface area contributed by atoms with Crippen molar-refractivity contribution in [1.29, 1.82) is 0 Å². The zero-order chi connectivity index (χ0) is 13.8. The van der Waals surface area contributed by atoms with Gasteiger partial charge < -0.3 is 10.1 Å². The summed E-state index contributed by atoms with van der Waals surface area (Å²) < 4.78 is 4.58. The summed E-state index contributed by atoms with van der Waals surface area (Å²) >= 11 is 7.10. The third-order valence-electron chi connectivity index (χ3n) is 2.27. The van der Waals surface area contributed by atoms with Gasteiger partial charge >= 0.3 is 5.97 Å². The summed E-state index contributed by atoms with van der Waals surface area (Å²) in [4.78, 5) is 27.0. The van der Waals surface area contributed by atoms with Gasteiger partial charge in [-0.2, -0.15) is 0 Å². The second-order valence-corrected chi connectivity index (χ2v) is 4.82. The van der Waals surface area contributed by atoms with Crippen molar-refractivity contribution in [3.05, 3.63) is 46.1 Å². The van der Waals surface area contributed by atoms with Gasteiger partial charge in [-0.05, 0) is 12.1 Å². The predicted molar refractivity (Wildman–Crippen MR) is 72.9 cm³/mol. The molecule has 0 fully saturated rings. The van der Waals surface area contributed by atoms with E-state index < -0.39 is 5.97 Å². The summed E-state index contributed by atoms with van der Waals surface area (Å²) in [6.07, 6.45) is 2.87. The van der Waals surface area contributed by atoms with Gasteiger partial charge in [0.05, 0.1) is 28.3 Å². The van der Waals surface area contributed by atoms with Gasteiger partial charge in [-0.3, -0.25) is 9.78 Å². The molecule has 0 aliphatic heterocycles. The molecule has 98 valence electrons. The van der Waals surface area contributed by atoms with Crippen LogP contribution in [0.4, 0.5) is 5.00 Å². The van der Waals surface area contributed by atoms with Crippen molar-refractivity contribution in [1.82, 2.24) is 4.98 Å². The predicted octanol–water partition coefficient (Wildman–Crippen LogP) is 2.84. The second-order valence-electron chi connectivity index (χ2n) is 3.50. The van der Waals surface area contributed by atoms with Gasteiger partial charge in [0.2, 0.25) is 0 Å². The minimum absolute atomic E-state index is 0.268. The lowest BCUT2D eigenvalue weighted by molar-refractivity contribution is 0.0601. The summed E-state index contributed by atoms with van der Waals surface area (Å²) in [7, 11) is 1.30. The Bertz CT molecular complexity index is 627. The molecule has 5 nitrogen and oxygen atoms in total. The molecule has 0 aliphatic carbocycles. The van der Waals surface area contributed by atoms with E-state index in [1.54, 1.807) is 11.4 Å².